The smallest absolute Gasteiger partial charge is 0.147 e. The second-order valence-electron chi connectivity index (χ2n) is 4.68. The quantitative estimate of drug-likeness (QED) is 0.833. The molecule has 1 heterocycles. The first-order chi connectivity index (χ1) is 8.49. The molecule has 3 nitrogen and oxygen atoms in total. The van der Waals surface area contributed by atoms with Crippen LogP contribution in [0.5, 0.6) is 0 Å². The van der Waals surface area contributed by atoms with Crippen LogP contribution in [0.2, 0.25) is 0 Å². The molecule has 0 spiro atoms. The van der Waals surface area contributed by atoms with Crippen LogP contribution in [0.3, 0.4) is 0 Å². The zero-order valence-corrected chi connectivity index (χ0v) is 11.3. The highest BCUT2D eigenvalue weighted by Gasteiger charge is 2.25. The lowest BCUT2D eigenvalue weighted by atomic mass is 10.1. The van der Waals surface area contributed by atoms with Crippen LogP contribution in [0.1, 0.15) is 19.4 Å². The highest BCUT2D eigenvalue weighted by molar-refractivity contribution is 7.80. The van der Waals surface area contributed by atoms with Crippen molar-refractivity contribution in [2.75, 3.05) is 18.1 Å². The van der Waals surface area contributed by atoms with Crippen molar-refractivity contribution in [1.82, 2.24) is 0 Å². The average Bonchev–Trinajstić information content (AvgIpc) is 2.32. The molecule has 1 aliphatic heterocycles. The SMILES string of the molecule is CC1CN(c2ccc(C(N)=S)cc2F)C(C)CO1. The number of hydrogen-bond acceptors (Lipinski definition) is 3. The lowest BCUT2D eigenvalue weighted by Crippen LogP contribution is -2.47. The number of nitrogens with two attached hydrogens (primary N) is 1. The Morgan fingerprint density at radius 2 is 2.22 bits per heavy atom. The fraction of sp³-hybridized carbons (Fsp3) is 0.462. The highest BCUT2D eigenvalue weighted by Crippen LogP contribution is 2.25. The molecule has 2 atom stereocenters. The summed E-state index contributed by atoms with van der Waals surface area (Å²) in [6, 6.07) is 5.04. The maximum Gasteiger partial charge on any atom is 0.147 e. The minimum absolute atomic E-state index is 0.107. The molecule has 98 valence electrons. The van der Waals surface area contributed by atoms with Gasteiger partial charge in [-0.25, -0.2) is 4.39 Å². The standard InChI is InChI=1S/C13H17FN2OS/c1-8-7-17-9(2)6-16(8)12-4-3-10(13(15)18)5-11(12)14/h3-5,8-9H,6-7H2,1-2H3,(H2,15,18). The summed E-state index contributed by atoms with van der Waals surface area (Å²) in [6.45, 7) is 5.30. The highest BCUT2D eigenvalue weighted by atomic mass is 32.1. The van der Waals surface area contributed by atoms with Crippen molar-refractivity contribution in [2.45, 2.75) is 26.0 Å². The molecule has 1 saturated heterocycles. The van der Waals surface area contributed by atoms with Crippen LogP contribution < -0.4 is 10.6 Å². The van der Waals surface area contributed by atoms with Gasteiger partial charge >= 0.3 is 0 Å². The fourth-order valence-corrected chi connectivity index (χ4v) is 2.26. The van der Waals surface area contributed by atoms with Crippen LogP contribution in [-0.4, -0.2) is 30.3 Å². The van der Waals surface area contributed by atoms with Gasteiger partial charge in [-0.05, 0) is 32.0 Å². The van der Waals surface area contributed by atoms with Gasteiger partial charge in [0.15, 0.2) is 0 Å². The van der Waals surface area contributed by atoms with E-state index in [1.807, 2.05) is 18.7 Å². The molecule has 0 saturated carbocycles. The number of rotatable bonds is 2. The van der Waals surface area contributed by atoms with Crippen LogP contribution in [-0.2, 0) is 4.74 Å². The van der Waals surface area contributed by atoms with Gasteiger partial charge in [0.1, 0.15) is 10.8 Å². The lowest BCUT2D eigenvalue weighted by Gasteiger charge is -2.38. The van der Waals surface area contributed by atoms with E-state index in [-0.39, 0.29) is 23.0 Å². The van der Waals surface area contributed by atoms with Gasteiger partial charge in [0, 0.05) is 18.2 Å². The average molecular weight is 268 g/mol. The molecule has 0 aromatic heterocycles. The third kappa shape index (κ3) is 2.62. The van der Waals surface area contributed by atoms with E-state index in [1.165, 1.54) is 6.07 Å². The number of ether oxygens (including phenoxy) is 1. The number of halogens is 1. The Morgan fingerprint density at radius 3 is 2.83 bits per heavy atom. The van der Waals surface area contributed by atoms with Crippen molar-refractivity contribution in [3.05, 3.63) is 29.6 Å². The lowest BCUT2D eigenvalue weighted by molar-refractivity contribution is 0.0341. The van der Waals surface area contributed by atoms with Crippen LogP contribution in [0.25, 0.3) is 0 Å². The summed E-state index contributed by atoms with van der Waals surface area (Å²) < 4.78 is 19.6. The predicted octanol–water partition coefficient (Wildman–Crippen LogP) is 2.07. The summed E-state index contributed by atoms with van der Waals surface area (Å²) in [5.41, 5.74) is 6.63. The minimum Gasteiger partial charge on any atom is -0.389 e. The largest absolute Gasteiger partial charge is 0.389 e. The fourth-order valence-electron chi connectivity index (χ4n) is 2.13. The Balaban J connectivity index is 2.30. The Kier molecular flexibility index (Phi) is 3.82. The van der Waals surface area contributed by atoms with Gasteiger partial charge < -0.3 is 15.4 Å². The van der Waals surface area contributed by atoms with E-state index in [0.717, 1.165) is 0 Å². The molecule has 0 amide bonds. The second kappa shape index (κ2) is 5.20. The number of hydrogen-bond donors (Lipinski definition) is 1. The maximum atomic E-state index is 14.1. The van der Waals surface area contributed by atoms with Crippen molar-refractivity contribution in [3.8, 4) is 0 Å². The molecule has 1 aromatic carbocycles. The van der Waals surface area contributed by atoms with Crippen LogP contribution in [0, 0.1) is 5.82 Å². The maximum absolute atomic E-state index is 14.1. The predicted molar refractivity (Wildman–Crippen MR) is 74.5 cm³/mol. The van der Waals surface area contributed by atoms with Crippen molar-refractivity contribution < 1.29 is 9.13 Å². The molecular weight excluding hydrogens is 251 g/mol. The summed E-state index contributed by atoms with van der Waals surface area (Å²) in [7, 11) is 0. The van der Waals surface area contributed by atoms with Gasteiger partial charge in [-0.1, -0.05) is 12.2 Å². The van der Waals surface area contributed by atoms with E-state index >= 15 is 0 Å². The van der Waals surface area contributed by atoms with E-state index in [4.69, 9.17) is 22.7 Å². The summed E-state index contributed by atoms with van der Waals surface area (Å²) in [5.74, 6) is -0.291. The van der Waals surface area contributed by atoms with Gasteiger partial charge in [-0.2, -0.15) is 0 Å². The van der Waals surface area contributed by atoms with Gasteiger partial charge in [0.05, 0.1) is 18.4 Å². The molecule has 0 radical (unpaired) electrons. The van der Waals surface area contributed by atoms with Crippen molar-refractivity contribution in [3.63, 3.8) is 0 Å². The first-order valence-electron chi connectivity index (χ1n) is 5.96. The van der Waals surface area contributed by atoms with Gasteiger partial charge in [-0.3, -0.25) is 0 Å². The molecule has 1 aromatic rings. The van der Waals surface area contributed by atoms with Crippen LogP contribution >= 0.6 is 12.2 Å². The van der Waals surface area contributed by atoms with Gasteiger partial charge in [-0.15, -0.1) is 0 Å². The van der Waals surface area contributed by atoms with Gasteiger partial charge in [0.25, 0.3) is 0 Å². The summed E-state index contributed by atoms with van der Waals surface area (Å²) in [5, 5.41) is 0. The molecular formula is C13H17FN2OS. The Hall–Kier alpha value is -1.20. The third-order valence-electron chi connectivity index (χ3n) is 3.15. The van der Waals surface area contributed by atoms with E-state index in [2.05, 4.69) is 0 Å². The van der Waals surface area contributed by atoms with Crippen LogP contribution in [0.15, 0.2) is 18.2 Å². The number of thiocarbonyl (C=S) groups is 1. The zero-order chi connectivity index (χ0) is 13.3. The van der Waals surface area contributed by atoms with Crippen molar-refractivity contribution >= 4 is 22.9 Å². The molecule has 2 N–H and O–H groups in total. The van der Waals surface area contributed by atoms with Crippen LogP contribution in [0.4, 0.5) is 10.1 Å². The molecule has 1 fully saturated rings. The monoisotopic (exact) mass is 268 g/mol. The molecule has 1 aliphatic rings. The molecule has 0 aliphatic carbocycles. The zero-order valence-electron chi connectivity index (χ0n) is 10.5. The normalized spacial score (nSPS) is 24.1. The molecule has 5 heteroatoms. The minimum atomic E-state index is -0.291. The topological polar surface area (TPSA) is 38.5 Å². The Labute approximate surface area is 112 Å². The Bertz CT molecular complexity index is 466. The van der Waals surface area contributed by atoms with Crippen molar-refractivity contribution in [1.29, 1.82) is 0 Å². The summed E-state index contributed by atoms with van der Waals surface area (Å²) >= 11 is 4.84. The van der Waals surface area contributed by atoms with Gasteiger partial charge in [0.2, 0.25) is 0 Å². The molecule has 2 rings (SSSR count). The van der Waals surface area contributed by atoms with E-state index in [1.54, 1.807) is 12.1 Å². The van der Waals surface area contributed by atoms with E-state index in [0.29, 0.717) is 24.4 Å². The van der Waals surface area contributed by atoms with E-state index < -0.39 is 0 Å². The number of benzene rings is 1. The first-order valence-corrected chi connectivity index (χ1v) is 6.37. The number of morpholine rings is 1. The molecule has 0 bridgehead atoms. The third-order valence-corrected chi connectivity index (χ3v) is 3.39. The number of anilines is 1. The first kappa shape index (κ1) is 13.2. The summed E-state index contributed by atoms with van der Waals surface area (Å²) in [6.07, 6.45) is 0.107. The van der Waals surface area contributed by atoms with Crippen molar-refractivity contribution in [2.24, 2.45) is 5.73 Å². The second-order valence-corrected chi connectivity index (χ2v) is 5.12. The molecule has 2 unspecified atom stereocenters. The number of nitrogens with zero attached hydrogens (tertiary/aromatic N) is 1. The summed E-state index contributed by atoms with van der Waals surface area (Å²) in [4.78, 5) is 2.23. The molecule has 18 heavy (non-hydrogen) atoms. The van der Waals surface area contributed by atoms with E-state index in [9.17, 15) is 4.39 Å². The Morgan fingerprint density at radius 1 is 1.50 bits per heavy atom.